The van der Waals surface area contributed by atoms with Crippen molar-refractivity contribution in [2.45, 2.75) is 26.3 Å². The molecule has 1 atom stereocenters. The number of rotatable bonds is 5. The first-order valence-electron chi connectivity index (χ1n) is 5.87. The van der Waals surface area contributed by atoms with Gasteiger partial charge in [0.05, 0.1) is 0 Å². The van der Waals surface area contributed by atoms with E-state index in [1.165, 1.54) is 0 Å². The largest absolute Gasteiger partial charge is 0.350 e. The predicted molar refractivity (Wildman–Crippen MR) is 71.7 cm³/mol. The molecule has 0 saturated carbocycles. The Morgan fingerprint density at radius 3 is 2.94 bits per heavy atom. The number of aromatic nitrogens is 3. The number of fused-ring (bicyclic) bond motifs is 1. The van der Waals surface area contributed by atoms with E-state index in [4.69, 9.17) is 0 Å². The zero-order chi connectivity index (χ0) is 12.3. The van der Waals surface area contributed by atoms with E-state index in [1.54, 1.807) is 15.3 Å². The van der Waals surface area contributed by atoms with E-state index >= 15 is 0 Å². The monoisotopic (exact) mass is 251 g/mol. The molecule has 0 N–H and O–H groups in total. The van der Waals surface area contributed by atoms with Gasteiger partial charge in [-0.1, -0.05) is 13.0 Å². The second-order valence-electron chi connectivity index (χ2n) is 4.34. The molecule has 4 nitrogen and oxygen atoms in total. The molecule has 0 fully saturated rings. The quantitative estimate of drug-likeness (QED) is 0.824. The van der Waals surface area contributed by atoms with Gasteiger partial charge >= 0.3 is 5.69 Å². The Balaban J connectivity index is 2.14. The van der Waals surface area contributed by atoms with Crippen molar-refractivity contribution in [1.29, 1.82) is 0 Å². The molecule has 0 aromatic carbocycles. The number of thiol groups is 1. The summed E-state index contributed by atoms with van der Waals surface area (Å²) in [7, 11) is 0. The van der Waals surface area contributed by atoms with Crippen molar-refractivity contribution < 1.29 is 0 Å². The summed E-state index contributed by atoms with van der Waals surface area (Å²) in [6.07, 6.45) is 3.79. The van der Waals surface area contributed by atoms with Gasteiger partial charge in [-0.2, -0.15) is 12.6 Å². The summed E-state index contributed by atoms with van der Waals surface area (Å²) >= 11 is 4.21. The lowest BCUT2D eigenvalue weighted by atomic mass is 10.1. The Morgan fingerprint density at radius 2 is 2.24 bits per heavy atom. The van der Waals surface area contributed by atoms with Crippen molar-refractivity contribution >= 4 is 18.3 Å². The molecule has 1 unspecified atom stereocenters. The minimum atomic E-state index is -0.0568. The normalized spacial score (nSPS) is 13.1. The summed E-state index contributed by atoms with van der Waals surface area (Å²) in [6.45, 7) is 2.85. The maximum absolute atomic E-state index is 11.9. The van der Waals surface area contributed by atoms with Crippen molar-refractivity contribution in [2.75, 3.05) is 5.75 Å². The SMILES string of the molecule is CC(CCS)CCn1nc2ccccn2c1=O. The molecule has 0 radical (unpaired) electrons. The van der Waals surface area contributed by atoms with Gasteiger partial charge < -0.3 is 0 Å². The first-order valence-corrected chi connectivity index (χ1v) is 6.50. The van der Waals surface area contributed by atoms with Gasteiger partial charge in [0, 0.05) is 12.7 Å². The first kappa shape index (κ1) is 12.2. The number of pyridine rings is 1. The van der Waals surface area contributed by atoms with Crippen molar-refractivity contribution in [3.8, 4) is 0 Å². The summed E-state index contributed by atoms with van der Waals surface area (Å²) < 4.78 is 3.12. The molecular formula is C12H17N3OS. The Bertz CT molecular complexity index is 546. The zero-order valence-electron chi connectivity index (χ0n) is 9.91. The van der Waals surface area contributed by atoms with Crippen LogP contribution in [0.2, 0.25) is 0 Å². The number of nitrogens with zero attached hydrogens (tertiary/aromatic N) is 3. The lowest BCUT2D eigenvalue weighted by Gasteiger charge is -2.08. The Labute approximate surface area is 106 Å². The van der Waals surface area contributed by atoms with Crippen LogP contribution in [-0.4, -0.2) is 19.9 Å². The highest BCUT2D eigenvalue weighted by atomic mass is 32.1. The third kappa shape index (κ3) is 2.72. The molecule has 2 heterocycles. The third-order valence-electron chi connectivity index (χ3n) is 2.94. The average molecular weight is 251 g/mol. The molecule has 92 valence electrons. The van der Waals surface area contributed by atoms with Crippen LogP contribution in [0, 0.1) is 5.92 Å². The predicted octanol–water partition coefficient (Wildman–Crippen LogP) is 1.84. The van der Waals surface area contributed by atoms with E-state index in [1.807, 2.05) is 18.2 Å². The molecule has 0 saturated heterocycles. The molecule has 2 aromatic heterocycles. The van der Waals surface area contributed by atoms with E-state index in [-0.39, 0.29) is 5.69 Å². The second kappa shape index (κ2) is 5.40. The van der Waals surface area contributed by atoms with Crippen molar-refractivity contribution in [1.82, 2.24) is 14.2 Å². The van der Waals surface area contributed by atoms with Gasteiger partial charge in [0.25, 0.3) is 0 Å². The molecule has 2 aromatic rings. The molecule has 2 rings (SSSR count). The Morgan fingerprint density at radius 1 is 1.41 bits per heavy atom. The van der Waals surface area contributed by atoms with Gasteiger partial charge in [-0.05, 0) is 36.6 Å². The van der Waals surface area contributed by atoms with Crippen LogP contribution >= 0.6 is 12.6 Å². The van der Waals surface area contributed by atoms with E-state index < -0.39 is 0 Å². The highest BCUT2D eigenvalue weighted by Crippen LogP contribution is 2.09. The molecule has 0 spiro atoms. The summed E-state index contributed by atoms with van der Waals surface area (Å²) in [5.41, 5.74) is 0.651. The highest BCUT2D eigenvalue weighted by molar-refractivity contribution is 7.80. The van der Waals surface area contributed by atoms with E-state index in [0.29, 0.717) is 18.1 Å². The molecule has 0 aliphatic heterocycles. The maximum atomic E-state index is 11.9. The number of hydrogen-bond donors (Lipinski definition) is 1. The summed E-state index contributed by atoms with van der Waals surface area (Å²) in [6, 6.07) is 5.56. The van der Waals surface area contributed by atoms with Crippen LogP contribution in [0.15, 0.2) is 29.2 Å². The van der Waals surface area contributed by atoms with Gasteiger partial charge in [-0.15, -0.1) is 5.10 Å². The molecule has 0 aliphatic carbocycles. The number of hydrogen-bond acceptors (Lipinski definition) is 3. The van der Waals surface area contributed by atoms with Crippen LogP contribution in [0.25, 0.3) is 5.65 Å². The highest BCUT2D eigenvalue weighted by Gasteiger charge is 2.07. The van der Waals surface area contributed by atoms with Crippen molar-refractivity contribution in [3.63, 3.8) is 0 Å². The molecule has 17 heavy (non-hydrogen) atoms. The van der Waals surface area contributed by atoms with Gasteiger partial charge in [0.1, 0.15) is 0 Å². The van der Waals surface area contributed by atoms with Crippen molar-refractivity contribution in [3.05, 3.63) is 34.9 Å². The van der Waals surface area contributed by atoms with Crippen LogP contribution in [0.3, 0.4) is 0 Å². The van der Waals surface area contributed by atoms with E-state index in [9.17, 15) is 4.79 Å². The summed E-state index contributed by atoms with van der Waals surface area (Å²) in [5, 5.41) is 4.29. The zero-order valence-corrected chi connectivity index (χ0v) is 10.8. The van der Waals surface area contributed by atoms with Crippen LogP contribution in [0.4, 0.5) is 0 Å². The van der Waals surface area contributed by atoms with E-state index in [0.717, 1.165) is 18.6 Å². The number of aryl methyl sites for hydroxylation is 1. The fraction of sp³-hybridized carbons (Fsp3) is 0.500. The standard InChI is InChI=1S/C12H17N3OS/c1-10(6-9-17)5-8-15-12(16)14-7-3-2-4-11(14)13-15/h2-4,7,10,17H,5-6,8-9H2,1H3. The van der Waals surface area contributed by atoms with Crippen molar-refractivity contribution in [2.24, 2.45) is 5.92 Å². The second-order valence-corrected chi connectivity index (χ2v) is 4.79. The van der Waals surface area contributed by atoms with Crippen LogP contribution < -0.4 is 5.69 Å². The minimum Gasteiger partial charge on any atom is -0.250 e. The minimum absolute atomic E-state index is 0.0568. The fourth-order valence-corrected chi connectivity index (χ4v) is 2.26. The summed E-state index contributed by atoms with van der Waals surface area (Å²) in [4.78, 5) is 11.9. The Hall–Kier alpha value is -1.23. The molecule has 0 aliphatic rings. The Kier molecular flexibility index (Phi) is 3.89. The van der Waals surface area contributed by atoms with Crippen LogP contribution in [-0.2, 0) is 6.54 Å². The fourth-order valence-electron chi connectivity index (χ4n) is 1.82. The molecule has 0 amide bonds. The van der Waals surface area contributed by atoms with Crippen LogP contribution in [0.1, 0.15) is 19.8 Å². The van der Waals surface area contributed by atoms with Gasteiger partial charge in [0.15, 0.2) is 5.65 Å². The molecule has 5 heteroatoms. The molecular weight excluding hydrogens is 234 g/mol. The molecule has 0 bridgehead atoms. The first-order chi connectivity index (χ1) is 8.22. The summed E-state index contributed by atoms with van der Waals surface area (Å²) in [5.74, 6) is 1.46. The van der Waals surface area contributed by atoms with Gasteiger partial charge in [-0.3, -0.25) is 4.40 Å². The maximum Gasteiger partial charge on any atom is 0.350 e. The lowest BCUT2D eigenvalue weighted by molar-refractivity contribution is 0.444. The van der Waals surface area contributed by atoms with E-state index in [2.05, 4.69) is 24.7 Å². The third-order valence-corrected chi connectivity index (χ3v) is 3.20. The van der Waals surface area contributed by atoms with Crippen LogP contribution in [0.5, 0.6) is 0 Å². The topological polar surface area (TPSA) is 39.3 Å². The average Bonchev–Trinajstić information content (AvgIpc) is 2.65. The van der Waals surface area contributed by atoms with Gasteiger partial charge in [0.2, 0.25) is 0 Å². The smallest absolute Gasteiger partial charge is 0.250 e. The van der Waals surface area contributed by atoms with Gasteiger partial charge in [-0.25, -0.2) is 9.48 Å². The lowest BCUT2D eigenvalue weighted by Crippen LogP contribution is -2.22.